The second-order valence-electron chi connectivity index (χ2n) is 3.86. The molecule has 20 heavy (non-hydrogen) atoms. The Labute approximate surface area is 127 Å². The topological polar surface area (TPSA) is 52.4 Å². The lowest BCUT2D eigenvalue weighted by Crippen LogP contribution is -1.93. The number of non-ortho nitro benzene ring substituents is 1. The SMILES string of the molecule is O=[N+]([O-])c1ccc(Cl)c(Oc2ccc(F)cc2CBr)c1. The minimum Gasteiger partial charge on any atom is -0.455 e. The van der Waals surface area contributed by atoms with Gasteiger partial charge in [0.05, 0.1) is 16.0 Å². The van der Waals surface area contributed by atoms with Gasteiger partial charge in [-0.2, -0.15) is 0 Å². The molecule has 0 fully saturated rings. The van der Waals surface area contributed by atoms with Crippen LogP contribution < -0.4 is 4.74 Å². The summed E-state index contributed by atoms with van der Waals surface area (Å²) in [6.45, 7) is 0. The number of rotatable bonds is 4. The Bertz CT molecular complexity index is 666. The molecule has 0 aliphatic rings. The van der Waals surface area contributed by atoms with E-state index in [-0.39, 0.29) is 16.5 Å². The summed E-state index contributed by atoms with van der Waals surface area (Å²) in [4.78, 5) is 10.2. The van der Waals surface area contributed by atoms with Crippen molar-refractivity contribution in [2.45, 2.75) is 5.33 Å². The van der Waals surface area contributed by atoms with Crippen molar-refractivity contribution in [1.82, 2.24) is 0 Å². The van der Waals surface area contributed by atoms with E-state index in [0.29, 0.717) is 16.6 Å². The average molecular weight is 361 g/mol. The maximum Gasteiger partial charge on any atom is 0.273 e. The van der Waals surface area contributed by atoms with Crippen LogP contribution in [0.15, 0.2) is 36.4 Å². The maximum atomic E-state index is 13.1. The molecular formula is C13H8BrClFNO3. The number of alkyl halides is 1. The summed E-state index contributed by atoms with van der Waals surface area (Å²) in [6.07, 6.45) is 0. The fourth-order valence-electron chi connectivity index (χ4n) is 1.55. The number of nitrogens with zero attached hydrogens (tertiary/aromatic N) is 1. The Hall–Kier alpha value is -1.66. The van der Waals surface area contributed by atoms with E-state index >= 15 is 0 Å². The van der Waals surface area contributed by atoms with E-state index in [1.165, 1.54) is 36.4 Å². The van der Waals surface area contributed by atoms with Crippen molar-refractivity contribution in [3.05, 3.63) is 62.9 Å². The molecule has 2 aromatic rings. The number of halogens is 3. The third-order valence-corrected chi connectivity index (χ3v) is 3.43. The van der Waals surface area contributed by atoms with E-state index in [4.69, 9.17) is 16.3 Å². The van der Waals surface area contributed by atoms with E-state index in [1.807, 2.05) is 0 Å². The number of nitro groups is 1. The zero-order valence-corrected chi connectivity index (χ0v) is 12.3. The second kappa shape index (κ2) is 6.19. The van der Waals surface area contributed by atoms with Crippen LogP contribution in [0.1, 0.15) is 5.56 Å². The smallest absolute Gasteiger partial charge is 0.273 e. The van der Waals surface area contributed by atoms with Gasteiger partial charge in [0, 0.05) is 17.0 Å². The van der Waals surface area contributed by atoms with Gasteiger partial charge in [-0.15, -0.1) is 0 Å². The lowest BCUT2D eigenvalue weighted by molar-refractivity contribution is -0.384. The molecule has 0 amide bonds. The molecule has 104 valence electrons. The average Bonchev–Trinajstić information content (AvgIpc) is 2.42. The van der Waals surface area contributed by atoms with Crippen LogP contribution in [0.5, 0.6) is 11.5 Å². The highest BCUT2D eigenvalue weighted by Crippen LogP contribution is 2.34. The summed E-state index contributed by atoms with van der Waals surface area (Å²) in [6, 6.07) is 7.89. The monoisotopic (exact) mass is 359 g/mol. The largest absolute Gasteiger partial charge is 0.455 e. The fourth-order valence-corrected chi connectivity index (χ4v) is 2.15. The molecule has 0 unspecified atom stereocenters. The van der Waals surface area contributed by atoms with E-state index in [0.717, 1.165) is 0 Å². The van der Waals surface area contributed by atoms with Gasteiger partial charge in [-0.25, -0.2) is 4.39 Å². The van der Waals surface area contributed by atoms with Gasteiger partial charge in [0.25, 0.3) is 5.69 Å². The van der Waals surface area contributed by atoms with Gasteiger partial charge in [0.15, 0.2) is 5.75 Å². The molecule has 4 nitrogen and oxygen atoms in total. The minimum atomic E-state index is -0.542. The Balaban J connectivity index is 2.39. The molecule has 7 heteroatoms. The summed E-state index contributed by atoms with van der Waals surface area (Å²) < 4.78 is 18.7. The van der Waals surface area contributed by atoms with Gasteiger partial charge in [-0.3, -0.25) is 10.1 Å². The first-order valence-electron chi connectivity index (χ1n) is 5.47. The first kappa shape index (κ1) is 14.7. The van der Waals surface area contributed by atoms with Gasteiger partial charge >= 0.3 is 0 Å². The van der Waals surface area contributed by atoms with Crippen LogP contribution in [0.2, 0.25) is 5.02 Å². The van der Waals surface area contributed by atoms with Crippen molar-refractivity contribution in [3.8, 4) is 11.5 Å². The Morgan fingerprint density at radius 2 is 2.00 bits per heavy atom. The summed E-state index contributed by atoms with van der Waals surface area (Å²) >= 11 is 9.17. The fraction of sp³-hybridized carbons (Fsp3) is 0.0769. The zero-order valence-electron chi connectivity index (χ0n) is 9.98. The van der Waals surface area contributed by atoms with E-state index in [9.17, 15) is 14.5 Å². The van der Waals surface area contributed by atoms with Crippen LogP contribution in [0.3, 0.4) is 0 Å². The number of nitro benzene ring substituents is 1. The molecule has 0 aliphatic carbocycles. The number of hydrogen-bond donors (Lipinski definition) is 0. The van der Waals surface area contributed by atoms with Crippen LogP contribution in [-0.4, -0.2) is 4.92 Å². The molecule has 0 N–H and O–H groups in total. The van der Waals surface area contributed by atoms with E-state index < -0.39 is 10.7 Å². The first-order valence-corrected chi connectivity index (χ1v) is 6.97. The Morgan fingerprint density at radius 1 is 1.25 bits per heavy atom. The standard InChI is InChI=1S/C13H8BrClFNO3/c14-7-8-5-9(16)1-4-12(8)20-13-6-10(17(18)19)2-3-11(13)15/h1-6H,7H2. The molecule has 2 aromatic carbocycles. The van der Waals surface area contributed by atoms with Gasteiger partial charge in [-0.1, -0.05) is 27.5 Å². The third-order valence-electron chi connectivity index (χ3n) is 2.51. The molecule has 0 atom stereocenters. The van der Waals surface area contributed by atoms with Crippen molar-refractivity contribution < 1.29 is 14.1 Å². The third kappa shape index (κ3) is 3.26. The molecule has 2 rings (SSSR count). The van der Waals surface area contributed by atoms with Crippen molar-refractivity contribution in [2.75, 3.05) is 0 Å². The minimum absolute atomic E-state index is 0.132. The molecule has 0 radical (unpaired) electrons. The van der Waals surface area contributed by atoms with Crippen molar-refractivity contribution in [1.29, 1.82) is 0 Å². The van der Waals surface area contributed by atoms with Crippen molar-refractivity contribution in [3.63, 3.8) is 0 Å². The van der Waals surface area contributed by atoms with Crippen molar-refractivity contribution >= 4 is 33.2 Å². The maximum absolute atomic E-state index is 13.1. The predicted octanol–water partition coefficient (Wildman–Crippen LogP) is 5.07. The summed E-state index contributed by atoms with van der Waals surface area (Å²) in [7, 11) is 0. The van der Waals surface area contributed by atoms with Crippen LogP contribution in [0, 0.1) is 15.9 Å². The van der Waals surface area contributed by atoms with Gasteiger partial charge in [0.1, 0.15) is 11.6 Å². The van der Waals surface area contributed by atoms with E-state index in [1.54, 1.807) is 0 Å². The number of hydrogen-bond acceptors (Lipinski definition) is 3. The summed E-state index contributed by atoms with van der Waals surface area (Å²) in [5, 5.41) is 11.4. The highest BCUT2D eigenvalue weighted by Gasteiger charge is 2.13. The lowest BCUT2D eigenvalue weighted by atomic mass is 10.2. The van der Waals surface area contributed by atoms with Crippen LogP contribution in [-0.2, 0) is 5.33 Å². The molecule has 0 heterocycles. The van der Waals surface area contributed by atoms with Crippen LogP contribution in [0.25, 0.3) is 0 Å². The van der Waals surface area contributed by atoms with Crippen molar-refractivity contribution in [2.24, 2.45) is 0 Å². The van der Waals surface area contributed by atoms with Gasteiger partial charge < -0.3 is 4.74 Å². The first-order chi connectivity index (χ1) is 9.51. The van der Waals surface area contributed by atoms with Gasteiger partial charge in [-0.05, 0) is 24.3 Å². The van der Waals surface area contributed by atoms with Crippen LogP contribution >= 0.6 is 27.5 Å². The molecule has 0 saturated carbocycles. The highest BCUT2D eigenvalue weighted by molar-refractivity contribution is 9.08. The normalized spacial score (nSPS) is 10.3. The molecule has 0 bridgehead atoms. The number of ether oxygens (including phenoxy) is 1. The summed E-state index contributed by atoms with van der Waals surface area (Å²) in [5.41, 5.74) is 0.444. The Morgan fingerprint density at radius 3 is 2.65 bits per heavy atom. The molecule has 0 spiro atoms. The molecular weight excluding hydrogens is 353 g/mol. The van der Waals surface area contributed by atoms with E-state index in [2.05, 4.69) is 15.9 Å². The summed E-state index contributed by atoms with van der Waals surface area (Å²) in [5.74, 6) is 0.136. The lowest BCUT2D eigenvalue weighted by Gasteiger charge is -2.10. The Kier molecular flexibility index (Phi) is 4.57. The van der Waals surface area contributed by atoms with Gasteiger partial charge in [0.2, 0.25) is 0 Å². The molecule has 0 aliphatic heterocycles. The van der Waals surface area contributed by atoms with Crippen LogP contribution in [0.4, 0.5) is 10.1 Å². The molecule has 0 aromatic heterocycles. The quantitative estimate of drug-likeness (QED) is 0.434. The number of benzene rings is 2. The predicted molar refractivity (Wildman–Crippen MR) is 77.2 cm³/mol. The zero-order chi connectivity index (χ0) is 14.7. The highest BCUT2D eigenvalue weighted by atomic mass is 79.9. The molecule has 0 saturated heterocycles. The second-order valence-corrected chi connectivity index (χ2v) is 4.83.